The summed E-state index contributed by atoms with van der Waals surface area (Å²) in [5.74, 6) is 0.626. The smallest absolute Gasteiger partial charge is 0.407 e. The average molecular weight is 943 g/mol. The summed E-state index contributed by atoms with van der Waals surface area (Å²) in [5, 5.41) is 23.8. The molecule has 0 radical (unpaired) electrons. The van der Waals surface area contributed by atoms with Crippen LogP contribution in [0.2, 0.25) is 0 Å². The Labute approximate surface area is 406 Å². The minimum atomic E-state index is -0.711. The third kappa shape index (κ3) is 11.9. The molecule has 368 valence electrons. The molecule has 5 atom stereocenters. The number of carbonyl (C=O) groups is 4. The van der Waals surface area contributed by atoms with Crippen molar-refractivity contribution in [1.29, 1.82) is 0 Å². The Morgan fingerprint density at radius 2 is 1.32 bits per heavy atom. The molecule has 0 spiro atoms. The van der Waals surface area contributed by atoms with Crippen molar-refractivity contribution in [3.05, 3.63) is 107 Å². The van der Waals surface area contributed by atoms with E-state index in [1.165, 1.54) is 36.6 Å². The van der Waals surface area contributed by atoms with Crippen LogP contribution in [-0.2, 0) is 30.9 Å². The molecule has 2 aliphatic heterocycles. The molecular weight excluding hydrogens is 873 g/mol. The first-order valence-corrected chi connectivity index (χ1v) is 24.4. The largest absolute Gasteiger partial charge is 0.453 e. The number of likely N-dealkylation sites (tertiary alicyclic amines) is 1. The fraction of sp³-hybridized carbons (Fsp3) is 0.491. The Kier molecular flexibility index (Phi) is 16.1. The number of methoxy groups -OCH3 is 2. The van der Waals surface area contributed by atoms with Gasteiger partial charge in [0.1, 0.15) is 17.9 Å². The zero-order valence-electron chi connectivity index (χ0n) is 41.6. The van der Waals surface area contributed by atoms with E-state index in [-0.39, 0.29) is 47.2 Å². The summed E-state index contributed by atoms with van der Waals surface area (Å²) in [6.45, 7) is 15.4. The highest BCUT2D eigenvalue weighted by Gasteiger charge is 2.39. The lowest BCUT2D eigenvalue weighted by Gasteiger charge is -2.34. The van der Waals surface area contributed by atoms with E-state index in [1.807, 2.05) is 27.7 Å². The van der Waals surface area contributed by atoms with E-state index < -0.39 is 24.3 Å². The van der Waals surface area contributed by atoms with Crippen molar-refractivity contribution >= 4 is 29.7 Å². The van der Waals surface area contributed by atoms with E-state index in [2.05, 4.69) is 146 Å². The molecule has 0 bridgehead atoms. The summed E-state index contributed by atoms with van der Waals surface area (Å²) in [7, 11) is 2.58. The summed E-state index contributed by atoms with van der Waals surface area (Å²) < 4.78 is 9.47. The van der Waals surface area contributed by atoms with Crippen LogP contribution < -0.4 is 20.9 Å². The number of ether oxygens (including phenoxy) is 2. The number of carbonyl (C=O) groups excluding carboxylic acids is 4. The van der Waals surface area contributed by atoms with Gasteiger partial charge in [-0.25, -0.2) is 14.6 Å². The number of benzene rings is 3. The number of nitrogens with one attached hydrogen (secondary N) is 5. The zero-order chi connectivity index (χ0) is 49.4. The topological polar surface area (TPSA) is 200 Å². The Balaban J connectivity index is 1.02. The predicted octanol–water partition coefficient (Wildman–Crippen LogP) is 9.11. The molecule has 4 amide bonds. The third-order valence-electron chi connectivity index (χ3n) is 13.5. The summed E-state index contributed by atoms with van der Waals surface area (Å²) in [5.41, 5.74) is 8.78. The van der Waals surface area contributed by atoms with E-state index in [1.54, 1.807) is 4.90 Å². The number of aryl methyl sites for hydroxylation is 1. The van der Waals surface area contributed by atoms with Gasteiger partial charge >= 0.3 is 12.2 Å². The molecule has 69 heavy (non-hydrogen) atoms. The quantitative estimate of drug-likeness (QED) is 0.0561. The Morgan fingerprint density at radius 1 is 0.725 bits per heavy atom. The Bertz CT molecular complexity index is 2510. The van der Waals surface area contributed by atoms with Gasteiger partial charge in [0, 0.05) is 35.6 Å². The van der Waals surface area contributed by atoms with Crippen LogP contribution >= 0.6 is 0 Å². The maximum atomic E-state index is 13.7. The second kappa shape index (κ2) is 22.1. The van der Waals surface area contributed by atoms with Gasteiger partial charge in [0.15, 0.2) is 5.82 Å². The van der Waals surface area contributed by atoms with Gasteiger partial charge < -0.3 is 35.2 Å². The summed E-state index contributed by atoms with van der Waals surface area (Å²) in [6.07, 6.45) is 4.70. The molecule has 2 saturated heterocycles. The van der Waals surface area contributed by atoms with Gasteiger partial charge in [0.25, 0.3) is 0 Å². The van der Waals surface area contributed by atoms with E-state index in [4.69, 9.17) is 9.72 Å². The summed E-state index contributed by atoms with van der Waals surface area (Å²) >= 11 is 0. The Hall–Kier alpha value is -6.71. The van der Waals surface area contributed by atoms with Crippen LogP contribution in [0.1, 0.15) is 133 Å². The molecule has 5 N–H and O–H groups in total. The lowest BCUT2D eigenvalue weighted by molar-refractivity contribution is -0.135. The van der Waals surface area contributed by atoms with Crippen molar-refractivity contribution in [2.45, 2.75) is 129 Å². The zero-order valence-corrected chi connectivity index (χ0v) is 41.6. The number of amides is 4. The second-order valence-corrected chi connectivity index (χ2v) is 20.0. The van der Waals surface area contributed by atoms with Crippen LogP contribution in [0, 0.1) is 11.8 Å². The van der Waals surface area contributed by atoms with Crippen molar-refractivity contribution in [1.82, 2.24) is 46.2 Å². The van der Waals surface area contributed by atoms with Crippen LogP contribution in [0.15, 0.2) is 78.9 Å². The molecule has 2 aliphatic rings. The molecule has 5 aromatic rings. The van der Waals surface area contributed by atoms with Gasteiger partial charge in [-0.15, -0.1) is 0 Å². The maximum absolute atomic E-state index is 13.7. The number of hydrogen-bond acceptors (Lipinski definition) is 10. The van der Waals surface area contributed by atoms with Gasteiger partial charge in [-0.2, -0.15) is 10.2 Å². The van der Waals surface area contributed by atoms with Crippen molar-refractivity contribution in [3.8, 4) is 22.6 Å². The van der Waals surface area contributed by atoms with Crippen LogP contribution in [0.5, 0.6) is 0 Å². The first-order valence-electron chi connectivity index (χ1n) is 24.4. The van der Waals surface area contributed by atoms with Gasteiger partial charge in [0.05, 0.1) is 38.0 Å². The number of H-pyrrole nitrogens is 2. The lowest BCUT2D eigenvalue weighted by Crippen LogP contribution is -2.51. The van der Waals surface area contributed by atoms with Crippen LogP contribution in [-0.4, -0.2) is 93.7 Å². The highest BCUT2D eigenvalue weighted by atomic mass is 16.5. The van der Waals surface area contributed by atoms with Crippen molar-refractivity contribution in [3.63, 3.8) is 0 Å². The molecular formula is C53H70N10O6. The van der Waals surface area contributed by atoms with Crippen molar-refractivity contribution in [2.75, 3.05) is 32.2 Å². The minimum absolute atomic E-state index is 0.0324. The molecule has 0 saturated carbocycles. The number of aromatic nitrogens is 5. The van der Waals surface area contributed by atoms with Crippen molar-refractivity contribution in [2.24, 2.45) is 11.8 Å². The van der Waals surface area contributed by atoms with Crippen LogP contribution in [0.3, 0.4) is 0 Å². The maximum Gasteiger partial charge on any atom is 0.407 e. The summed E-state index contributed by atoms with van der Waals surface area (Å²) in [6, 6.07) is 27.1. The van der Waals surface area contributed by atoms with Gasteiger partial charge in [0.2, 0.25) is 11.8 Å². The molecule has 16 heteroatoms. The molecule has 2 aromatic heterocycles. The number of aromatic amines is 2. The number of rotatable bonds is 17. The van der Waals surface area contributed by atoms with Gasteiger partial charge in [-0.1, -0.05) is 109 Å². The highest BCUT2D eigenvalue weighted by molar-refractivity contribution is 5.87. The van der Waals surface area contributed by atoms with Gasteiger partial charge in [-0.05, 0) is 97.1 Å². The first kappa shape index (κ1) is 50.2. The first-order chi connectivity index (χ1) is 33.1. The molecule has 16 nitrogen and oxygen atoms in total. The monoisotopic (exact) mass is 943 g/mol. The fourth-order valence-corrected chi connectivity index (χ4v) is 9.56. The number of nitrogens with zero attached hydrogens (tertiary/aromatic N) is 5. The molecule has 0 aliphatic carbocycles. The van der Waals surface area contributed by atoms with E-state index in [0.29, 0.717) is 24.7 Å². The fourth-order valence-electron chi connectivity index (χ4n) is 9.56. The Morgan fingerprint density at radius 3 is 1.90 bits per heavy atom. The number of anilines is 1. The van der Waals surface area contributed by atoms with Crippen molar-refractivity contribution < 1.29 is 28.7 Å². The normalized spacial score (nSPS) is 18.0. The second-order valence-electron chi connectivity index (χ2n) is 20.0. The minimum Gasteiger partial charge on any atom is -0.453 e. The molecule has 2 fully saturated rings. The SMILES string of the molecule is COC(=O)NC(C(=O)NCCCCc1cc(-c2ccc(C3CCC(c4ccc(-c5n[nH]c(C6CCCN6C(=O)C(NC(=O)OC)C(C)C)n5)cc4)N3c3ccc(C(C)(C)C)cc3)cc2)n[nH]1)C(C)C. The predicted molar refractivity (Wildman–Crippen MR) is 266 cm³/mol. The van der Waals surface area contributed by atoms with E-state index in [9.17, 15) is 19.2 Å². The number of hydrogen-bond donors (Lipinski definition) is 5. The lowest BCUT2D eigenvalue weighted by atomic mass is 9.87. The molecule has 4 heterocycles. The molecule has 7 rings (SSSR count). The number of alkyl carbamates (subject to hydrolysis) is 2. The standard InChI is InChI=1S/C53H70N10O6/c1-32(2)45(55-51(66)68-8)49(64)54-29-11-10-13-39-31-41(59-58-39)34-15-17-35(18-16-34)42-27-28-43(63(42)40-25-23-38(24-26-40)53(5,6)7)36-19-21-37(22-20-36)47-57-48(61-60-47)44-14-12-30-62(44)50(65)46(33(3)4)56-52(67)69-9/h15-26,31-33,42-46H,10-14,27-30H2,1-9H3,(H,54,64)(H,55,66)(H,56,67)(H,58,59)(H,57,60,61). The van der Waals surface area contributed by atoms with Gasteiger partial charge in [-0.3, -0.25) is 19.8 Å². The van der Waals surface area contributed by atoms with Crippen LogP contribution in [0.25, 0.3) is 22.6 Å². The van der Waals surface area contributed by atoms with E-state index >= 15 is 0 Å². The number of unbranched alkanes of at least 4 members (excludes halogenated alkanes) is 1. The van der Waals surface area contributed by atoms with E-state index in [0.717, 1.165) is 67.5 Å². The molecule has 5 unspecified atom stereocenters. The molecule has 3 aromatic carbocycles. The third-order valence-corrected chi connectivity index (χ3v) is 13.5. The van der Waals surface area contributed by atoms with Crippen LogP contribution in [0.4, 0.5) is 15.3 Å². The summed E-state index contributed by atoms with van der Waals surface area (Å²) in [4.78, 5) is 59.4. The average Bonchev–Trinajstić information content (AvgIpc) is 4.19. The highest BCUT2D eigenvalue weighted by Crippen LogP contribution is 2.47.